The molecule has 1 aliphatic carbocycles. The Balaban J connectivity index is 1.88. The quantitative estimate of drug-likeness (QED) is 0.933. The van der Waals surface area contributed by atoms with Gasteiger partial charge in [-0.15, -0.1) is 0 Å². The summed E-state index contributed by atoms with van der Waals surface area (Å²) >= 11 is 0. The standard InChI is InChI=1S/C16H18N2O3/c1-15(2)11(16(15,3)4)13-17-12(18-21-13)9-5-7-10(8-6-9)14(19)20/h5-8,11H,1-4H3,(H,19,20). The number of hydrogen-bond acceptors (Lipinski definition) is 4. The molecule has 0 spiro atoms. The SMILES string of the molecule is CC1(C)C(c2nc(-c3ccc(C(=O)O)cc3)no2)C1(C)C. The van der Waals surface area contributed by atoms with E-state index in [-0.39, 0.29) is 22.3 Å². The molecule has 5 nitrogen and oxygen atoms in total. The number of aromatic carboxylic acids is 1. The van der Waals surface area contributed by atoms with Gasteiger partial charge in [-0.2, -0.15) is 4.98 Å². The third-order valence-electron chi connectivity index (χ3n) is 5.10. The highest BCUT2D eigenvalue weighted by Gasteiger charge is 2.67. The van der Waals surface area contributed by atoms with Gasteiger partial charge in [-0.25, -0.2) is 4.79 Å². The van der Waals surface area contributed by atoms with E-state index in [0.29, 0.717) is 11.7 Å². The molecule has 0 aliphatic heterocycles. The highest BCUT2D eigenvalue weighted by Crippen LogP contribution is 2.73. The van der Waals surface area contributed by atoms with Crippen LogP contribution in [0.15, 0.2) is 28.8 Å². The van der Waals surface area contributed by atoms with Crippen LogP contribution in [0.4, 0.5) is 0 Å². The molecule has 1 N–H and O–H groups in total. The first-order valence-electron chi connectivity index (χ1n) is 6.92. The Morgan fingerprint density at radius 1 is 1.14 bits per heavy atom. The van der Waals surface area contributed by atoms with Gasteiger partial charge in [0.1, 0.15) is 0 Å². The van der Waals surface area contributed by atoms with Gasteiger partial charge in [-0.05, 0) is 23.0 Å². The van der Waals surface area contributed by atoms with Gasteiger partial charge in [-0.3, -0.25) is 0 Å². The van der Waals surface area contributed by atoms with Crippen LogP contribution in [-0.2, 0) is 0 Å². The number of carboxylic acids is 1. The van der Waals surface area contributed by atoms with Crippen LogP contribution in [0.25, 0.3) is 11.4 Å². The summed E-state index contributed by atoms with van der Waals surface area (Å²) in [6, 6.07) is 6.47. The Hall–Kier alpha value is -2.17. The fourth-order valence-electron chi connectivity index (χ4n) is 3.05. The third kappa shape index (κ3) is 1.95. The Morgan fingerprint density at radius 2 is 1.71 bits per heavy atom. The normalized spacial score (nSPS) is 19.4. The van der Waals surface area contributed by atoms with Crippen LogP contribution in [0.2, 0.25) is 0 Å². The number of carbonyl (C=O) groups is 1. The van der Waals surface area contributed by atoms with E-state index in [2.05, 4.69) is 37.8 Å². The number of carboxylic acid groups (broad SMARTS) is 1. The molecule has 1 aliphatic rings. The number of nitrogens with zero attached hydrogens (tertiary/aromatic N) is 2. The lowest BCUT2D eigenvalue weighted by Crippen LogP contribution is -1.95. The average molecular weight is 286 g/mol. The van der Waals surface area contributed by atoms with Crippen LogP contribution in [0.3, 0.4) is 0 Å². The summed E-state index contributed by atoms with van der Waals surface area (Å²) in [7, 11) is 0. The number of benzene rings is 1. The molecule has 2 aromatic rings. The van der Waals surface area contributed by atoms with E-state index in [0.717, 1.165) is 5.56 Å². The fraction of sp³-hybridized carbons (Fsp3) is 0.438. The Labute approximate surface area is 123 Å². The molecule has 3 rings (SSSR count). The zero-order chi connectivity index (χ0) is 15.4. The van der Waals surface area contributed by atoms with Gasteiger partial charge in [0.05, 0.1) is 5.56 Å². The van der Waals surface area contributed by atoms with Crippen molar-refractivity contribution < 1.29 is 14.4 Å². The zero-order valence-electron chi connectivity index (χ0n) is 12.5. The van der Waals surface area contributed by atoms with Crippen LogP contribution < -0.4 is 0 Å². The second kappa shape index (κ2) is 4.16. The minimum Gasteiger partial charge on any atom is -0.478 e. The lowest BCUT2D eigenvalue weighted by atomic mass is 10.0. The van der Waals surface area contributed by atoms with Crippen molar-refractivity contribution in [1.29, 1.82) is 0 Å². The van der Waals surface area contributed by atoms with E-state index in [1.165, 1.54) is 0 Å². The average Bonchev–Trinajstić information content (AvgIpc) is 2.77. The molecule has 21 heavy (non-hydrogen) atoms. The Kier molecular flexibility index (Phi) is 2.74. The van der Waals surface area contributed by atoms with Crippen molar-refractivity contribution in [3.05, 3.63) is 35.7 Å². The summed E-state index contributed by atoms with van der Waals surface area (Å²) in [6.07, 6.45) is 0. The Bertz CT molecular complexity index is 685. The first kappa shape index (κ1) is 13.8. The summed E-state index contributed by atoms with van der Waals surface area (Å²) in [5.41, 5.74) is 1.28. The van der Waals surface area contributed by atoms with Crippen molar-refractivity contribution in [2.24, 2.45) is 10.8 Å². The molecule has 1 fully saturated rings. The van der Waals surface area contributed by atoms with Crippen molar-refractivity contribution in [2.45, 2.75) is 33.6 Å². The van der Waals surface area contributed by atoms with E-state index in [4.69, 9.17) is 9.63 Å². The van der Waals surface area contributed by atoms with Crippen molar-refractivity contribution in [1.82, 2.24) is 10.1 Å². The first-order valence-corrected chi connectivity index (χ1v) is 6.92. The highest BCUT2D eigenvalue weighted by molar-refractivity contribution is 5.88. The second-order valence-electron chi connectivity index (χ2n) is 6.72. The van der Waals surface area contributed by atoms with E-state index >= 15 is 0 Å². The summed E-state index contributed by atoms with van der Waals surface area (Å²) in [6.45, 7) is 8.79. The molecule has 0 radical (unpaired) electrons. The molecular formula is C16H18N2O3. The van der Waals surface area contributed by atoms with Crippen molar-refractivity contribution in [3.63, 3.8) is 0 Å². The summed E-state index contributed by atoms with van der Waals surface area (Å²) < 4.78 is 5.41. The second-order valence-corrected chi connectivity index (χ2v) is 6.72. The zero-order valence-corrected chi connectivity index (χ0v) is 12.5. The highest BCUT2D eigenvalue weighted by atomic mass is 16.5. The van der Waals surface area contributed by atoms with Gasteiger partial charge in [0.2, 0.25) is 11.7 Å². The lowest BCUT2D eigenvalue weighted by Gasteiger charge is -2.03. The van der Waals surface area contributed by atoms with Crippen LogP contribution in [0, 0.1) is 10.8 Å². The maximum atomic E-state index is 10.8. The fourth-order valence-corrected chi connectivity index (χ4v) is 3.05. The molecule has 1 aromatic carbocycles. The molecule has 0 unspecified atom stereocenters. The van der Waals surface area contributed by atoms with Gasteiger partial charge in [-0.1, -0.05) is 45.0 Å². The smallest absolute Gasteiger partial charge is 0.335 e. The van der Waals surface area contributed by atoms with E-state index in [1.807, 2.05) is 0 Å². The van der Waals surface area contributed by atoms with Crippen LogP contribution in [-0.4, -0.2) is 21.2 Å². The monoisotopic (exact) mass is 286 g/mol. The topological polar surface area (TPSA) is 76.2 Å². The number of aromatic nitrogens is 2. The molecule has 110 valence electrons. The molecule has 5 heteroatoms. The van der Waals surface area contributed by atoms with E-state index < -0.39 is 5.97 Å². The van der Waals surface area contributed by atoms with Gasteiger partial charge in [0.25, 0.3) is 0 Å². The van der Waals surface area contributed by atoms with Crippen molar-refractivity contribution in [2.75, 3.05) is 0 Å². The predicted molar refractivity (Wildman–Crippen MR) is 77.0 cm³/mol. The number of hydrogen-bond donors (Lipinski definition) is 1. The molecule has 1 heterocycles. The van der Waals surface area contributed by atoms with Crippen molar-refractivity contribution in [3.8, 4) is 11.4 Å². The molecule has 0 saturated heterocycles. The van der Waals surface area contributed by atoms with Crippen LogP contribution in [0.5, 0.6) is 0 Å². The number of rotatable bonds is 3. The molecule has 0 amide bonds. The van der Waals surface area contributed by atoms with E-state index in [9.17, 15) is 4.79 Å². The molecule has 1 aromatic heterocycles. The van der Waals surface area contributed by atoms with Gasteiger partial charge in [0, 0.05) is 11.5 Å². The summed E-state index contributed by atoms with van der Waals surface area (Å²) in [4.78, 5) is 15.3. The predicted octanol–water partition coefficient (Wildman–Crippen LogP) is 3.58. The molecule has 0 atom stereocenters. The summed E-state index contributed by atoms with van der Waals surface area (Å²) in [5.74, 6) is 0.462. The van der Waals surface area contributed by atoms with Gasteiger partial charge < -0.3 is 9.63 Å². The maximum absolute atomic E-state index is 10.8. The molecular weight excluding hydrogens is 268 g/mol. The molecule has 1 saturated carbocycles. The van der Waals surface area contributed by atoms with E-state index in [1.54, 1.807) is 24.3 Å². The first-order chi connectivity index (χ1) is 9.75. The van der Waals surface area contributed by atoms with Gasteiger partial charge in [0.15, 0.2) is 0 Å². The third-order valence-corrected chi connectivity index (χ3v) is 5.10. The lowest BCUT2D eigenvalue weighted by molar-refractivity contribution is 0.0697. The van der Waals surface area contributed by atoms with Crippen molar-refractivity contribution >= 4 is 5.97 Å². The van der Waals surface area contributed by atoms with Crippen LogP contribution in [0.1, 0.15) is 49.9 Å². The molecule has 0 bridgehead atoms. The summed E-state index contributed by atoms with van der Waals surface area (Å²) in [5, 5.41) is 12.9. The Morgan fingerprint density at radius 3 is 2.19 bits per heavy atom. The maximum Gasteiger partial charge on any atom is 0.335 e. The minimum atomic E-state index is -0.947. The largest absolute Gasteiger partial charge is 0.478 e. The van der Waals surface area contributed by atoms with Gasteiger partial charge >= 0.3 is 5.97 Å². The minimum absolute atomic E-state index is 0.143. The van der Waals surface area contributed by atoms with Crippen LogP contribution >= 0.6 is 0 Å².